The van der Waals surface area contributed by atoms with Crippen molar-refractivity contribution in [1.29, 1.82) is 0 Å². The van der Waals surface area contributed by atoms with Crippen LogP contribution in [0.25, 0.3) is 0 Å². The summed E-state index contributed by atoms with van der Waals surface area (Å²) in [7, 11) is -1.43. The highest BCUT2D eigenvalue weighted by Crippen LogP contribution is 2.41. The lowest BCUT2D eigenvalue weighted by Crippen LogP contribution is -2.45. The van der Waals surface area contributed by atoms with Gasteiger partial charge in [0, 0.05) is 13.1 Å². The zero-order valence-electron chi connectivity index (χ0n) is 13.1. The lowest BCUT2D eigenvalue weighted by molar-refractivity contribution is -0.130. The molecule has 0 heterocycles. The Labute approximate surface area is 122 Å². The minimum atomic E-state index is -3.21. The smallest absolute Gasteiger partial charge is 0.237 e. The zero-order chi connectivity index (χ0) is 15.1. The molecular weight excluding hydrogens is 274 g/mol. The van der Waals surface area contributed by atoms with Crippen LogP contribution in [0, 0.1) is 11.3 Å². The third kappa shape index (κ3) is 3.35. The fraction of sp³-hybridized carbons (Fsp3) is 0.933. The average Bonchev–Trinajstić information content (AvgIpc) is 3.04. The summed E-state index contributed by atoms with van der Waals surface area (Å²) in [6, 6.07) is 0.192. The first-order valence-corrected chi connectivity index (χ1v) is 9.31. The molecule has 0 aromatic heterocycles. The minimum Gasteiger partial charge on any atom is -0.342 e. The fourth-order valence-corrected chi connectivity index (χ4v) is 5.06. The van der Waals surface area contributed by atoms with Crippen molar-refractivity contribution < 1.29 is 13.2 Å². The topological polar surface area (TPSA) is 54.5 Å². The van der Waals surface area contributed by atoms with Gasteiger partial charge in [-0.25, -0.2) is 8.42 Å². The molecular formula is C15H27NO3S. The Morgan fingerprint density at radius 2 is 1.75 bits per heavy atom. The molecule has 2 aliphatic carbocycles. The molecule has 0 aliphatic heterocycles. The van der Waals surface area contributed by atoms with E-state index in [0.717, 1.165) is 32.1 Å². The highest BCUT2D eigenvalue weighted by atomic mass is 32.2. The van der Waals surface area contributed by atoms with Crippen molar-refractivity contribution in [2.75, 3.05) is 12.8 Å². The number of sulfone groups is 1. The van der Waals surface area contributed by atoms with Crippen LogP contribution in [0.3, 0.4) is 0 Å². The van der Waals surface area contributed by atoms with Gasteiger partial charge in [-0.1, -0.05) is 27.2 Å². The Balaban J connectivity index is 2.03. The molecule has 0 N–H and O–H groups in total. The fourth-order valence-electron chi connectivity index (χ4n) is 3.42. The summed E-state index contributed by atoms with van der Waals surface area (Å²) in [5, 5.41) is -0.248. The van der Waals surface area contributed by atoms with E-state index in [9.17, 15) is 13.2 Å². The lowest BCUT2D eigenvalue weighted by Gasteiger charge is -2.37. The van der Waals surface area contributed by atoms with E-state index in [2.05, 4.69) is 20.8 Å². The maximum atomic E-state index is 12.3. The summed E-state index contributed by atoms with van der Waals surface area (Å²) < 4.78 is 23.9. The lowest BCUT2D eigenvalue weighted by atomic mass is 9.77. The Morgan fingerprint density at radius 1 is 1.15 bits per heavy atom. The summed E-state index contributed by atoms with van der Waals surface area (Å²) in [4.78, 5) is 14.0. The van der Waals surface area contributed by atoms with Crippen molar-refractivity contribution >= 4 is 15.7 Å². The van der Waals surface area contributed by atoms with Gasteiger partial charge >= 0.3 is 0 Å². The van der Waals surface area contributed by atoms with Gasteiger partial charge in [0.2, 0.25) is 5.91 Å². The van der Waals surface area contributed by atoms with Crippen molar-refractivity contribution in [3.8, 4) is 0 Å². The molecule has 0 saturated heterocycles. The average molecular weight is 301 g/mol. The number of carbonyl (C=O) groups excluding carboxylic acids is 1. The molecule has 5 heteroatoms. The highest BCUT2D eigenvalue weighted by molar-refractivity contribution is 7.93. The van der Waals surface area contributed by atoms with E-state index < -0.39 is 9.84 Å². The van der Waals surface area contributed by atoms with Gasteiger partial charge in [-0.2, -0.15) is 0 Å². The number of amides is 1. The van der Waals surface area contributed by atoms with E-state index in [1.807, 2.05) is 0 Å². The molecule has 2 rings (SSSR count). The number of rotatable bonds is 4. The maximum absolute atomic E-state index is 12.3. The van der Waals surface area contributed by atoms with Crippen molar-refractivity contribution in [1.82, 2.24) is 4.90 Å². The summed E-state index contributed by atoms with van der Waals surface area (Å²) in [5.74, 6) is -0.0697. The first-order valence-electron chi connectivity index (χ1n) is 7.60. The van der Waals surface area contributed by atoms with E-state index in [1.165, 1.54) is 0 Å². The van der Waals surface area contributed by atoms with Crippen molar-refractivity contribution in [2.45, 2.75) is 64.2 Å². The Morgan fingerprint density at radius 3 is 2.25 bits per heavy atom. The Bertz CT molecular complexity index is 474. The van der Waals surface area contributed by atoms with Crippen LogP contribution in [0.2, 0.25) is 0 Å². The van der Waals surface area contributed by atoms with Crippen LogP contribution < -0.4 is 0 Å². The quantitative estimate of drug-likeness (QED) is 0.800. The third-order valence-electron chi connectivity index (χ3n) is 4.84. The molecule has 116 valence electrons. The summed E-state index contributed by atoms with van der Waals surface area (Å²) in [6.07, 6.45) is 4.70. The van der Waals surface area contributed by atoms with E-state index in [-0.39, 0.29) is 28.4 Å². The number of hydrogen-bond donors (Lipinski definition) is 0. The molecule has 2 fully saturated rings. The summed E-state index contributed by atoms with van der Waals surface area (Å²) >= 11 is 0. The maximum Gasteiger partial charge on any atom is 0.237 e. The Hall–Kier alpha value is -0.580. The van der Waals surface area contributed by atoms with Gasteiger partial charge in [0.25, 0.3) is 0 Å². The molecule has 1 amide bonds. The van der Waals surface area contributed by atoms with Gasteiger partial charge in [0.15, 0.2) is 9.84 Å². The second-order valence-corrected chi connectivity index (χ2v) is 9.76. The van der Waals surface area contributed by atoms with E-state index in [0.29, 0.717) is 5.92 Å². The standard InChI is InChI=1S/C15H27NO3S/c1-15(2,3)12-6-5-7-13(12)16(4)14(17)10-20(18,19)11-8-9-11/h11-13H,5-10H2,1-4H3. The van der Waals surface area contributed by atoms with Crippen LogP contribution in [-0.2, 0) is 14.6 Å². The molecule has 20 heavy (non-hydrogen) atoms. The SMILES string of the molecule is CN(C(=O)CS(=O)(=O)C1CC1)C1CCCC1C(C)(C)C. The van der Waals surface area contributed by atoms with Crippen molar-refractivity contribution in [3.05, 3.63) is 0 Å². The molecule has 0 spiro atoms. The zero-order valence-corrected chi connectivity index (χ0v) is 13.9. The highest BCUT2D eigenvalue weighted by Gasteiger charge is 2.42. The van der Waals surface area contributed by atoms with Gasteiger partial charge in [-0.05, 0) is 37.0 Å². The molecule has 4 nitrogen and oxygen atoms in total. The van der Waals surface area contributed by atoms with Crippen molar-refractivity contribution in [2.24, 2.45) is 11.3 Å². The second kappa shape index (κ2) is 5.32. The summed E-state index contributed by atoms with van der Waals surface area (Å²) in [6.45, 7) is 6.61. The molecule has 0 radical (unpaired) electrons. The predicted octanol–water partition coefficient (Wildman–Crippen LogP) is 2.24. The molecule has 0 aromatic carbocycles. The van der Waals surface area contributed by atoms with E-state index in [4.69, 9.17) is 0 Å². The largest absolute Gasteiger partial charge is 0.342 e. The van der Waals surface area contributed by atoms with Gasteiger partial charge in [0.1, 0.15) is 5.75 Å². The normalized spacial score (nSPS) is 27.6. The monoisotopic (exact) mass is 301 g/mol. The predicted molar refractivity (Wildman–Crippen MR) is 80.2 cm³/mol. The second-order valence-electron chi connectivity index (χ2n) is 7.48. The third-order valence-corrected chi connectivity index (χ3v) is 6.98. The van der Waals surface area contributed by atoms with Crippen LogP contribution in [0.4, 0.5) is 0 Å². The van der Waals surface area contributed by atoms with E-state index >= 15 is 0 Å². The van der Waals surface area contributed by atoms with Crippen LogP contribution in [0.5, 0.6) is 0 Å². The number of hydrogen-bond acceptors (Lipinski definition) is 3. The van der Waals surface area contributed by atoms with E-state index in [1.54, 1.807) is 11.9 Å². The first-order chi connectivity index (χ1) is 9.13. The minimum absolute atomic E-state index is 0.158. The van der Waals surface area contributed by atoms with Crippen LogP contribution in [0.1, 0.15) is 52.9 Å². The number of carbonyl (C=O) groups is 1. The number of nitrogens with zero attached hydrogens (tertiary/aromatic N) is 1. The molecule has 0 aromatic rings. The molecule has 2 atom stereocenters. The van der Waals surface area contributed by atoms with Crippen LogP contribution in [-0.4, -0.2) is 43.3 Å². The van der Waals surface area contributed by atoms with Gasteiger partial charge in [-0.3, -0.25) is 4.79 Å². The molecule has 2 unspecified atom stereocenters. The summed E-state index contributed by atoms with van der Waals surface area (Å²) in [5.41, 5.74) is 0.158. The van der Waals surface area contributed by atoms with Crippen LogP contribution >= 0.6 is 0 Å². The molecule has 0 bridgehead atoms. The molecule has 2 aliphatic rings. The first kappa shape index (κ1) is 15.8. The van der Waals surface area contributed by atoms with Crippen molar-refractivity contribution in [3.63, 3.8) is 0 Å². The van der Waals surface area contributed by atoms with Gasteiger partial charge in [-0.15, -0.1) is 0 Å². The van der Waals surface area contributed by atoms with Gasteiger partial charge < -0.3 is 4.90 Å². The molecule has 2 saturated carbocycles. The Kier molecular flexibility index (Phi) is 4.20. The van der Waals surface area contributed by atoms with Gasteiger partial charge in [0.05, 0.1) is 5.25 Å². The van der Waals surface area contributed by atoms with Crippen LogP contribution in [0.15, 0.2) is 0 Å².